The van der Waals surface area contributed by atoms with Crippen molar-refractivity contribution < 1.29 is 29.1 Å². The van der Waals surface area contributed by atoms with Crippen molar-refractivity contribution in [2.45, 2.75) is 24.9 Å². The maximum atomic E-state index is 12.3. The zero-order valence-electron chi connectivity index (χ0n) is 12.7. The Kier molecular flexibility index (Phi) is 4.65. The Hall–Kier alpha value is -2.48. The molecule has 0 radical (unpaired) electrons. The molecule has 1 aromatic carbocycles. The van der Waals surface area contributed by atoms with Crippen LogP contribution in [0.15, 0.2) is 24.3 Å². The molecule has 124 valence electrons. The number of ether oxygens (including phenoxy) is 2. The van der Waals surface area contributed by atoms with E-state index in [9.17, 15) is 24.8 Å². The molecule has 1 saturated carbocycles. The van der Waals surface area contributed by atoms with E-state index in [-0.39, 0.29) is 18.5 Å². The Morgan fingerprint density at radius 2 is 1.74 bits per heavy atom. The highest BCUT2D eigenvalue weighted by Crippen LogP contribution is 2.51. The minimum Gasteiger partial charge on any atom is -0.468 e. The average molecular weight is 323 g/mol. The second-order valence-corrected chi connectivity index (χ2v) is 5.45. The molecule has 0 amide bonds. The molecule has 0 aromatic heterocycles. The largest absolute Gasteiger partial charge is 0.468 e. The molecule has 8 heteroatoms. The van der Waals surface area contributed by atoms with Gasteiger partial charge in [-0.2, -0.15) is 0 Å². The quantitative estimate of drug-likeness (QED) is 0.382. The van der Waals surface area contributed by atoms with E-state index in [0.29, 0.717) is 5.56 Å². The fourth-order valence-electron chi connectivity index (χ4n) is 3.22. The second-order valence-electron chi connectivity index (χ2n) is 5.45. The molecule has 0 saturated heterocycles. The maximum Gasteiger partial charge on any atom is 0.323 e. The minimum atomic E-state index is -1.65. The van der Waals surface area contributed by atoms with Gasteiger partial charge in [0.2, 0.25) is 0 Å². The summed E-state index contributed by atoms with van der Waals surface area (Å²) in [6.07, 6.45) is -0.843. The topological polar surface area (TPSA) is 116 Å². The lowest BCUT2D eigenvalue weighted by Crippen LogP contribution is -2.43. The Labute approximate surface area is 132 Å². The smallest absolute Gasteiger partial charge is 0.323 e. The summed E-state index contributed by atoms with van der Waals surface area (Å²) in [5.74, 6) is -2.26. The molecule has 1 aliphatic rings. The molecule has 23 heavy (non-hydrogen) atoms. The van der Waals surface area contributed by atoms with Gasteiger partial charge in [-0.1, -0.05) is 12.1 Å². The van der Waals surface area contributed by atoms with E-state index in [1.165, 1.54) is 24.3 Å². The van der Waals surface area contributed by atoms with Gasteiger partial charge in [-0.05, 0) is 12.0 Å². The van der Waals surface area contributed by atoms with Gasteiger partial charge < -0.3 is 14.6 Å². The summed E-state index contributed by atoms with van der Waals surface area (Å²) in [7, 11) is 2.31. The molecule has 0 unspecified atom stereocenters. The van der Waals surface area contributed by atoms with Crippen LogP contribution >= 0.6 is 0 Å². The molecule has 1 fully saturated rings. The van der Waals surface area contributed by atoms with Gasteiger partial charge in [-0.25, -0.2) is 0 Å². The number of carbonyl (C=O) groups is 2. The third-order valence-electron chi connectivity index (χ3n) is 4.27. The number of hydrogen-bond acceptors (Lipinski definition) is 7. The number of aliphatic hydroxyl groups is 1. The van der Waals surface area contributed by atoms with Gasteiger partial charge in [0, 0.05) is 24.5 Å². The fraction of sp³-hybridized carbons (Fsp3) is 0.467. The number of rotatable bonds is 4. The summed E-state index contributed by atoms with van der Waals surface area (Å²) in [6.45, 7) is 0. The van der Waals surface area contributed by atoms with Crippen LogP contribution in [-0.4, -0.2) is 42.3 Å². The van der Waals surface area contributed by atoms with Crippen LogP contribution in [0.3, 0.4) is 0 Å². The predicted molar refractivity (Wildman–Crippen MR) is 77.5 cm³/mol. The molecular weight excluding hydrogens is 306 g/mol. The number of non-ortho nitro benzene ring substituents is 1. The standard InChI is InChI=1S/C15H17NO7/c1-22-13(18)15(14(19)23-2)8-11(17)7-12(15)9-3-5-10(6-4-9)16(20)21/h3-6,11-12,17H,7-8H2,1-2H3/t11-,12-/m1/s1. The van der Waals surface area contributed by atoms with Crippen LogP contribution in [0, 0.1) is 15.5 Å². The van der Waals surface area contributed by atoms with E-state index < -0.39 is 34.3 Å². The first kappa shape index (κ1) is 16.9. The van der Waals surface area contributed by atoms with Gasteiger partial charge in [-0.15, -0.1) is 0 Å². The first-order valence-electron chi connectivity index (χ1n) is 6.96. The highest BCUT2D eigenvalue weighted by molar-refractivity contribution is 6.01. The van der Waals surface area contributed by atoms with E-state index in [1.807, 2.05) is 0 Å². The number of nitrogens with zero attached hydrogens (tertiary/aromatic N) is 1. The number of carbonyl (C=O) groups excluding carboxylic acids is 2. The van der Waals surface area contributed by atoms with Crippen LogP contribution in [-0.2, 0) is 19.1 Å². The summed E-state index contributed by atoms with van der Waals surface area (Å²) in [5.41, 5.74) is -1.23. The van der Waals surface area contributed by atoms with Gasteiger partial charge in [0.05, 0.1) is 25.2 Å². The first-order chi connectivity index (χ1) is 10.9. The van der Waals surface area contributed by atoms with Crippen LogP contribution in [0.2, 0.25) is 0 Å². The van der Waals surface area contributed by atoms with E-state index in [4.69, 9.17) is 9.47 Å². The average Bonchev–Trinajstić information content (AvgIpc) is 2.91. The molecule has 2 rings (SSSR count). The summed E-state index contributed by atoms with van der Waals surface area (Å²) in [5, 5.41) is 20.7. The second kappa shape index (κ2) is 6.33. The normalized spacial score (nSPS) is 22.4. The number of methoxy groups -OCH3 is 2. The Bertz CT molecular complexity index is 609. The number of esters is 2. The Balaban J connectivity index is 2.50. The monoisotopic (exact) mass is 323 g/mol. The first-order valence-corrected chi connectivity index (χ1v) is 6.96. The van der Waals surface area contributed by atoms with Crippen molar-refractivity contribution in [2.24, 2.45) is 5.41 Å². The van der Waals surface area contributed by atoms with E-state index in [1.54, 1.807) is 0 Å². The fourth-order valence-corrected chi connectivity index (χ4v) is 3.22. The number of aliphatic hydroxyl groups excluding tert-OH is 1. The van der Waals surface area contributed by atoms with E-state index in [2.05, 4.69) is 0 Å². The molecule has 2 atom stereocenters. The predicted octanol–water partition coefficient (Wildman–Crippen LogP) is 1.17. The van der Waals surface area contributed by atoms with Gasteiger partial charge >= 0.3 is 11.9 Å². The summed E-state index contributed by atoms with van der Waals surface area (Å²) in [6, 6.07) is 5.53. The molecule has 0 heterocycles. The van der Waals surface area contributed by atoms with E-state index in [0.717, 1.165) is 14.2 Å². The van der Waals surface area contributed by atoms with Crippen LogP contribution in [0.5, 0.6) is 0 Å². The van der Waals surface area contributed by atoms with Crippen molar-refractivity contribution in [3.8, 4) is 0 Å². The van der Waals surface area contributed by atoms with Crippen molar-refractivity contribution in [3.63, 3.8) is 0 Å². The van der Waals surface area contributed by atoms with Gasteiger partial charge in [0.15, 0.2) is 5.41 Å². The van der Waals surface area contributed by atoms with Crippen molar-refractivity contribution in [1.29, 1.82) is 0 Å². The van der Waals surface area contributed by atoms with Crippen molar-refractivity contribution in [2.75, 3.05) is 14.2 Å². The van der Waals surface area contributed by atoms with Gasteiger partial charge in [0.1, 0.15) is 0 Å². The lowest BCUT2D eigenvalue weighted by Gasteiger charge is -2.29. The maximum absolute atomic E-state index is 12.3. The molecule has 0 bridgehead atoms. The summed E-state index contributed by atoms with van der Waals surface area (Å²) >= 11 is 0. The van der Waals surface area contributed by atoms with Crippen molar-refractivity contribution >= 4 is 17.6 Å². The van der Waals surface area contributed by atoms with Crippen LogP contribution in [0.1, 0.15) is 24.3 Å². The van der Waals surface area contributed by atoms with Gasteiger partial charge in [0.25, 0.3) is 5.69 Å². The third-order valence-corrected chi connectivity index (χ3v) is 4.27. The molecule has 0 spiro atoms. The third kappa shape index (κ3) is 2.77. The number of hydrogen-bond donors (Lipinski definition) is 1. The summed E-state index contributed by atoms with van der Waals surface area (Å²) in [4.78, 5) is 34.8. The van der Waals surface area contributed by atoms with Crippen LogP contribution < -0.4 is 0 Å². The molecular formula is C15H17NO7. The lowest BCUT2D eigenvalue weighted by atomic mass is 9.74. The number of benzene rings is 1. The SMILES string of the molecule is COC(=O)C1(C(=O)OC)C[C@H](O)C[C@@H]1c1ccc([N+](=O)[O-])cc1. The van der Waals surface area contributed by atoms with Crippen LogP contribution in [0.4, 0.5) is 5.69 Å². The molecule has 1 aliphatic carbocycles. The van der Waals surface area contributed by atoms with E-state index >= 15 is 0 Å². The molecule has 0 aliphatic heterocycles. The zero-order valence-corrected chi connectivity index (χ0v) is 12.7. The Morgan fingerprint density at radius 1 is 1.22 bits per heavy atom. The van der Waals surface area contributed by atoms with Gasteiger partial charge in [-0.3, -0.25) is 19.7 Å². The highest BCUT2D eigenvalue weighted by Gasteiger charge is 2.60. The lowest BCUT2D eigenvalue weighted by molar-refractivity contribution is -0.384. The Morgan fingerprint density at radius 3 is 2.17 bits per heavy atom. The highest BCUT2D eigenvalue weighted by atomic mass is 16.6. The van der Waals surface area contributed by atoms with Crippen LogP contribution in [0.25, 0.3) is 0 Å². The zero-order chi connectivity index (χ0) is 17.2. The van der Waals surface area contributed by atoms with Crippen molar-refractivity contribution in [3.05, 3.63) is 39.9 Å². The number of nitro benzene ring substituents is 1. The molecule has 8 nitrogen and oxygen atoms in total. The molecule has 1 N–H and O–H groups in total. The number of nitro groups is 1. The summed E-state index contributed by atoms with van der Waals surface area (Å²) < 4.78 is 9.53. The minimum absolute atomic E-state index is 0.103. The molecule has 1 aromatic rings. The van der Waals surface area contributed by atoms with Crippen molar-refractivity contribution in [1.82, 2.24) is 0 Å².